The number of carbonyl (C=O) groups excluding carboxylic acids is 1. The fourth-order valence-electron chi connectivity index (χ4n) is 9.35. The highest BCUT2D eigenvalue weighted by Crippen LogP contribution is 2.67. The number of allylic oxidation sites excluding steroid dienone is 1. The minimum absolute atomic E-state index is 0.0104. The van der Waals surface area contributed by atoms with Crippen molar-refractivity contribution in [3.8, 4) is 0 Å². The summed E-state index contributed by atoms with van der Waals surface area (Å²) in [5, 5.41) is 54.4. The number of nitrogens with two attached hydrogens (primary N) is 1. The maximum Gasteiger partial charge on any atom is 0.151 e. The normalized spacial score (nSPS) is 39.0. The molecular formula is C33H59NO7. The first-order valence-corrected chi connectivity index (χ1v) is 16.2. The van der Waals surface area contributed by atoms with Crippen LogP contribution >= 0.6 is 0 Å². The van der Waals surface area contributed by atoms with Crippen LogP contribution in [0, 0.1) is 46.3 Å². The van der Waals surface area contributed by atoms with E-state index in [1.807, 2.05) is 0 Å². The van der Waals surface area contributed by atoms with E-state index in [-0.39, 0.29) is 12.4 Å². The Morgan fingerprint density at radius 2 is 1.61 bits per heavy atom. The van der Waals surface area contributed by atoms with Crippen molar-refractivity contribution in [2.75, 3.05) is 0 Å². The van der Waals surface area contributed by atoms with Gasteiger partial charge < -0.3 is 41.2 Å². The molecule has 8 N–H and O–H groups in total. The van der Waals surface area contributed by atoms with Crippen molar-refractivity contribution in [2.45, 2.75) is 142 Å². The maximum absolute atomic E-state index is 10.2. The molecule has 4 rings (SSSR count). The number of rotatable bonds is 10. The second kappa shape index (κ2) is 14.3. The van der Waals surface area contributed by atoms with Crippen molar-refractivity contribution in [3.05, 3.63) is 11.6 Å². The van der Waals surface area contributed by atoms with E-state index in [1.54, 1.807) is 5.57 Å². The molecule has 0 radical (unpaired) electrons. The Bertz CT molecular complexity index is 880. The molecule has 4 aliphatic carbocycles. The van der Waals surface area contributed by atoms with Crippen LogP contribution in [-0.2, 0) is 4.79 Å². The van der Waals surface area contributed by atoms with Crippen LogP contribution in [0.25, 0.3) is 0 Å². The van der Waals surface area contributed by atoms with Crippen LogP contribution in [0.4, 0.5) is 0 Å². The number of aliphatic hydroxyl groups is 6. The topological polar surface area (TPSA) is 164 Å². The predicted molar refractivity (Wildman–Crippen MR) is 159 cm³/mol. The predicted octanol–water partition coefficient (Wildman–Crippen LogP) is 3.29. The number of hydrogen-bond acceptors (Lipinski definition) is 8. The van der Waals surface area contributed by atoms with Crippen molar-refractivity contribution in [3.63, 3.8) is 0 Å². The molecule has 238 valence electrons. The van der Waals surface area contributed by atoms with Gasteiger partial charge >= 0.3 is 0 Å². The minimum Gasteiger partial charge on any atom is -0.393 e. The zero-order valence-electron chi connectivity index (χ0n) is 26.0. The monoisotopic (exact) mass is 581 g/mol. The van der Waals surface area contributed by atoms with Gasteiger partial charge in [0.25, 0.3) is 0 Å². The first kappa shape index (κ1) is 34.6. The Balaban J connectivity index is 0.000000302. The number of fused-ring (bicyclic) bond motifs is 5. The first-order valence-electron chi connectivity index (χ1n) is 16.2. The van der Waals surface area contributed by atoms with Gasteiger partial charge in [-0.3, -0.25) is 0 Å². The second-order valence-electron chi connectivity index (χ2n) is 14.8. The van der Waals surface area contributed by atoms with Crippen molar-refractivity contribution in [2.24, 2.45) is 52.1 Å². The molecule has 1 unspecified atom stereocenters. The maximum atomic E-state index is 10.2. The molecule has 0 amide bonds. The van der Waals surface area contributed by atoms with E-state index in [1.165, 1.54) is 57.8 Å². The summed E-state index contributed by atoms with van der Waals surface area (Å²) in [6, 6.07) is 0. The Hall–Kier alpha value is -0.870. The van der Waals surface area contributed by atoms with E-state index in [9.17, 15) is 9.90 Å². The molecule has 0 aromatic heterocycles. The Labute approximate surface area is 247 Å². The van der Waals surface area contributed by atoms with Crippen LogP contribution in [0.5, 0.6) is 0 Å². The summed E-state index contributed by atoms with van der Waals surface area (Å²) >= 11 is 0. The lowest BCUT2D eigenvalue weighted by molar-refractivity contribution is -0.143. The zero-order valence-corrected chi connectivity index (χ0v) is 26.0. The quantitative estimate of drug-likeness (QED) is 0.117. The molecule has 8 heteroatoms. The third-order valence-electron chi connectivity index (χ3n) is 11.8. The Morgan fingerprint density at radius 1 is 0.927 bits per heavy atom. The van der Waals surface area contributed by atoms with Crippen LogP contribution < -0.4 is 5.73 Å². The molecule has 0 aromatic rings. The summed E-state index contributed by atoms with van der Waals surface area (Å²) < 4.78 is 0. The number of carbonyl (C=O) groups is 1. The third-order valence-corrected chi connectivity index (χ3v) is 11.8. The molecule has 13 atom stereocenters. The number of aldehydes is 1. The van der Waals surface area contributed by atoms with E-state index in [4.69, 9.17) is 31.3 Å². The molecule has 0 spiro atoms. The highest BCUT2D eigenvalue weighted by molar-refractivity contribution is 5.56. The van der Waals surface area contributed by atoms with Gasteiger partial charge in [-0.25, -0.2) is 0 Å². The summed E-state index contributed by atoms with van der Waals surface area (Å²) in [5.74, 6) is 5.46. The van der Waals surface area contributed by atoms with Crippen molar-refractivity contribution >= 4 is 6.29 Å². The first-order chi connectivity index (χ1) is 19.2. The Morgan fingerprint density at radius 3 is 2.22 bits per heavy atom. The second-order valence-corrected chi connectivity index (χ2v) is 14.8. The standard InChI is InChI=1S/C27H46O.C6H13NO6/c1-18(2)7-6-8-19(3)23-11-12-24-22-10-9-20-17-21(28)13-15-26(20,4)25(22)14-16-27(23,24)5;7-6(13)5(12)4(11)3(10)2(9)1-8/h9,18-19,21-25,28H,6-8,10-17H2,1-5H3;1-6,9-13H,7H2/t19-,21+,22+,23-,24+,25+,26+,27-;2-,3-,4+,5+,6?/m11/s1. The number of hydrogen-bond donors (Lipinski definition) is 7. The summed E-state index contributed by atoms with van der Waals surface area (Å²) in [5.41, 5.74) is 7.38. The zero-order chi connectivity index (χ0) is 30.7. The third kappa shape index (κ3) is 7.44. The van der Waals surface area contributed by atoms with Crippen molar-refractivity contribution in [1.82, 2.24) is 0 Å². The van der Waals surface area contributed by atoms with E-state index < -0.39 is 30.6 Å². The molecule has 8 nitrogen and oxygen atoms in total. The van der Waals surface area contributed by atoms with Crippen LogP contribution in [0.2, 0.25) is 0 Å². The average Bonchev–Trinajstić information content (AvgIpc) is 3.29. The molecule has 0 aliphatic heterocycles. The van der Waals surface area contributed by atoms with Crippen LogP contribution in [0.1, 0.15) is 105 Å². The lowest BCUT2D eigenvalue weighted by atomic mass is 9.47. The van der Waals surface area contributed by atoms with Crippen molar-refractivity contribution in [1.29, 1.82) is 0 Å². The van der Waals surface area contributed by atoms with Gasteiger partial charge in [-0.15, -0.1) is 0 Å². The van der Waals surface area contributed by atoms with Gasteiger partial charge in [0.15, 0.2) is 6.29 Å². The molecule has 3 fully saturated rings. The van der Waals surface area contributed by atoms with E-state index in [0.29, 0.717) is 10.8 Å². The summed E-state index contributed by atoms with van der Waals surface area (Å²) in [7, 11) is 0. The van der Waals surface area contributed by atoms with Crippen LogP contribution in [0.3, 0.4) is 0 Å². The van der Waals surface area contributed by atoms with Gasteiger partial charge in [-0.1, -0.05) is 65.5 Å². The van der Waals surface area contributed by atoms with Crippen molar-refractivity contribution < 1.29 is 35.4 Å². The lowest BCUT2D eigenvalue weighted by Crippen LogP contribution is -2.51. The minimum atomic E-state index is -1.89. The molecule has 41 heavy (non-hydrogen) atoms. The average molecular weight is 582 g/mol. The fourth-order valence-corrected chi connectivity index (χ4v) is 9.35. The van der Waals surface area contributed by atoms with E-state index >= 15 is 0 Å². The fraction of sp³-hybridized carbons (Fsp3) is 0.909. The molecule has 0 bridgehead atoms. The van der Waals surface area contributed by atoms with Crippen LogP contribution in [-0.4, -0.2) is 73.7 Å². The van der Waals surface area contributed by atoms with Gasteiger partial charge in [0.05, 0.1) is 6.10 Å². The largest absolute Gasteiger partial charge is 0.393 e. The molecule has 0 aromatic carbocycles. The highest BCUT2D eigenvalue weighted by Gasteiger charge is 2.59. The molecular weight excluding hydrogens is 522 g/mol. The SMILES string of the molecule is CC(C)CCC[C@@H](C)[C@H]1CC[C@H]2[C@@H]3CC=C4C[C@@H](O)CC[C@]4(C)[C@H]3CC[C@]12C.NC(O)[C@@H](O)[C@@H](O)[C@H](O)[C@H](O)C=O. The van der Waals surface area contributed by atoms with Gasteiger partial charge in [-0.2, -0.15) is 0 Å². The number of aliphatic hydroxyl groups excluding tert-OH is 6. The summed E-state index contributed by atoms with van der Waals surface area (Å²) in [6.45, 7) is 12.6. The smallest absolute Gasteiger partial charge is 0.151 e. The molecule has 0 saturated heterocycles. The van der Waals surface area contributed by atoms with Gasteiger partial charge in [-0.05, 0) is 97.7 Å². The lowest BCUT2D eigenvalue weighted by Gasteiger charge is -2.58. The Kier molecular flexibility index (Phi) is 12.1. The van der Waals surface area contributed by atoms with Gasteiger partial charge in [0.1, 0.15) is 30.6 Å². The molecule has 3 saturated carbocycles. The summed E-state index contributed by atoms with van der Waals surface area (Å²) in [4.78, 5) is 9.95. The van der Waals surface area contributed by atoms with E-state index in [2.05, 4.69) is 40.7 Å². The van der Waals surface area contributed by atoms with Gasteiger partial charge in [0, 0.05) is 0 Å². The summed E-state index contributed by atoms with van der Waals surface area (Å²) in [6.07, 6.45) is 7.96. The van der Waals surface area contributed by atoms with E-state index in [0.717, 1.165) is 48.3 Å². The molecule has 0 heterocycles. The van der Waals surface area contributed by atoms with Crippen LogP contribution in [0.15, 0.2) is 11.6 Å². The van der Waals surface area contributed by atoms with Gasteiger partial charge in [0.2, 0.25) is 0 Å². The molecule has 4 aliphatic rings. The highest BCUT2D eigenvalue weighted by atomic mass is 16.4.